The summed E-state index contributed by atoms with van der Waals surface area (Å²) in [7, 11) is 1.57. The number of anilines is 2. The number of nitrogens with two attached hydrogens (primary N) is 1. The molecule has 2 saturated heterocycles. The second kappa shape index (κ2) is 10.4. The van der Waals surface area contributed by atoms with Crippen molar-refractivity contribution in [3.8, 4) is 0 Å². The lowest BCUT2D eigenvalue weighted by atomic mass is 9.83. The van der Waals surface area contributed by atoms with E-state index in [9.17, 15) is 22.8 Å². The zero-order valence-corrected chi connectivity index (χ0v) is 21.0. The number of ether oxygens (including phenoxy) is 1. The Labute approximate surface area is 218 Å². The highest BCUT2D eigenvalue weighted by Crippen LogP contribution is 2.47. The molecule has 9 nitrogen and oxygen atoms in total. The van der Waals surface area contributed by atoms with E-state index in [0.717, 1.165) is 12.0 Å². The third-order valence-electron chi connectivity index (χ3n) is 7.84. The number of likely N-dealkylation sites (N-methyl/N-ethyl adjacent to an activating group) is 1. The standard InChI is InChI=1S/C26H31F3N6O3/c1-34(17-8-10-31-11-9-17)23(36)20-18(13-15-7-12-32-19(30)14-15)21-24(38-21)35(20)25(37)33-22(26(27,28)29)16-5-3-2-4-6-16/h7-12,14,16,18,20-22,24H,2-6,13H2,1H3,(H2,30,32)(H,33,37)/t18-,20+,21?,22+,24?/m1/s1. The average Bonchev–Trinajstić information content (AvgIpc) is 3.62. The molecule has 2 unspecified atom stereocenters. The predicted octanol–water partition coefficient (Wildman–Crippen LogP) is 3.51. The number of amides is 3. The molecular formula is C26H31F3N6O3. The first-order valence-electron chi connectivity index (χ1n) is 12.8. The van der Waals surface area contributed by atoms with Gasteiger partial charge in [-0.2, -0.15) is 13.2 Å². The first kappa shape index (κ1) is 26.2. The summed E-state index contributed by atoms with van der Waals surface area (Å²) in [6.07, 6.45) is 2.16. The topological polar surface area (TPSA) is 117 Å². The van der Waals surface area contributed by atoms with Crippen molar-refractivity contribution in [2.24, 2.45) is 11.8 Å². The summed E-state index contributed by atoms with van der Waals surface area (Å²) in [5.74, 6) is -1.30. The number of nitrogens with one attached hydrogen (secondary N) is 1. The van der Waals surface area contributed by atoms with Gasteiger partial charge in [0.25, 0.3) is 0 Å². The van der Waals surface area contributed by atoms with Crippen LogP contribution in [0.25, 0.3) is 0 Å². The van der Waals surface area contributed by atoms with Gasteiger partial charge in [0.05, 0.1) is 0 Å². The van der Waals surface area contributed by atoms with Gasteiger partial charge in [0.15, 0.2) is 6.23 Å². The number of halogens is 3. The highest BCUT2D eigenvalue weighted by molar-refractivity contribution is 5.99. The van der Waals surface area contributed by atoms with E-state index < -0.39 is 54.4 Å². The number of epoxide rings is 1. The number of hydrogen-bond acceptors (Lipinski definition) is 6. The predicted molar refractivity (Wildman–Crippen MR) is 133 cm³/mol. The number of carbonyl (C=O) groups excluding carboxylic acids is 2. The van der Waals surface area contributed by atoms with Crippen molar-refractivity contribution in [1.29, 1.82) is 0 Å². The second-order valence-electron chi connectivity index (χ2n) is 10.3. The van der Waals surface area contributed by atoms with Crippen LogP contribution in [0.5, 0.6) is 0 Å². The van der Waals surface area contributed by atoms with Crippen molar-refractivity contribution in [2.45, 2.75) is 69.1 Å². The molecule has 38 heavy (non-hydrogen) atoms. The molecule has 0 spiro atoms. The third kappa shape index (κ3) is 5.27. The molecule has 12 heteroatoms. The molecular weight excluding hydrogens is 501 g/mol. The molecule has 5 atom stereocenters. The summed E-state index contributed by atoms with van der Waals surface area (Å²) in [6.45, 7) is 0. The quantitative estimate of drug-likeness (QED) is 0.550. The van der Waals surface area contributed by atoms with E-state index in [2.05, 4.69) is 15.3 Å². The van der Waals surface area contributed by atoms with E-state index in [-0.39, 0.29) is 0 Å². The van der Waals surface area contributed by atoms with Crippen LogP contribution in [0.4, 0.5) is 29.5 Å². The van der Waals surface area contributed by atoms with Gasteiger partial charge in [-0.25, -0.2) is 9.78 Å². The Balaban J connectivity index is 1.44. The first-order valence-corrected chi connectivity index (χ1v) is 12.8. The molecule has 3 fully saturated rings. The molecule has 3 amide bonds. The highest BCUT2D eigenvalue weighted by Gasteiger charge is 2.65. The van der Waals surface area contributed by atoms with Gasteiger partial charge in [0, 0.05) is 37.2 Å². The van der Waals surface area contributed by atoms with Crippen molar-refractivity contribution in [3.63, 3.8) is 0 Å². The lowest BCUT2D eigenvalue weighted by Crippen LogP contribution is -2.59. The maximum atomic E-state index is 14.1. The average molecular weight is 533 g/mol. The number of nitrogens with zero attached hydrogens (tertiary/aromatic N) is 4. The van der Waals surface area contributed by atoms with Gasteiger partial charge in [-0.15, -0.1) is 0 Å². The Morgan fingerprint density at radius 1 is 1.18 bits per heavy atom. The fourth-order valence-corrected chi connectivity index (χ4v) is 5.90. The van der Waals surface area contributed by atoms with Gasteiger partial charge < -0.3 is 20.7 Å². The number of rotatable bonds is 6. The SMILES string of the molecule is CN(C(=O)[C@@H]1[C@@H](Cc2ccnc(N)c2)C2OC2N1C(=O)N[C@@H](C1CCCCC1)C(F)(F)F)c1ccncc1. The Morgan fingerprint density at radius 2 is 1.89 bits per heavy atom. The van der Waals surface area contributed by atoms with Crippen LogP contribution in [0.2, 0.25) is 0 Å². The highest BCUT2D eigenvalue weighted by atomic mass is 19.4. The fourth-order valence-electron chi connectivity index (χ4n) is 5.90. The molecule has 2 aromatic heterocycles. The minimum Gasteiger partial charge on any atom is -0.384 e. The van der Waals surface area contributed by atoms with Gasteiger partial charge in [0.1, 0.15) is 24.0 Å². The van der Waals surface area contributed by atoms with Crippen LogP contribution in [0.1, 0.15) is 37.7 Å². The molecule has 3 aliphatic rings. The van der Waals surface area contributed by atoms with Crippen LogP contribution in [-0.4, -0.2) is 64.4 Å². The Hall–Kier alpha value is -3.41. The molecule has 1 aliphatic carbocycles. The van der Waals surface area contributed by atoms with Gasteiger partial charge in [-0.05, 0) is 55.0 Å². The van der Waals surface area contributed by atoms with Crippen molar-refractivity contribution in [3.05, 3.63) is 48.4 Å². The molecule has 0 radical (unpaired) electrons. The zero-order chi connectivity index (χ0) is 27.0. The van der Waals surface area contributed by atoms with Gasteiger partial charge in [-0.3, -0.25) is 14.7 Å². The summed E-state index contributed by atoms with van der Waals surface area (Å²) in [4.78, 5) is 37.9. The fraction of sp³-hybridized carbons (Fsp3) is 0.538. The van der Waals surface area contributed by atoms with Crippen LogP contribution >= 0.6 is 0 Å². The minimum absolute atomic E-state index is 0.306. The van der Waals surface area contributed by atoms with E-state index in [1.807, 2.05) is 0 Å². The number of likely N-dealkylation sites (tertiary alicyclic amines) is 1. The first-order chi connectivity index (χ1) is 18.1. The van der Waals surface area contributed by atoms with E-state index in [0.29, 0.717) is 43.6 Å². The van der Waals surface area contributed by atoms with Crippen LogP contribution in [0.3, 0.4) is 0 Å². The van der Waals surface area contributed by atoms with Gasteiger partial charge in [-0.1, -0.05) is 19.3 Å². The van der Waals surface area contributed by atoms with Crippen LogP contribution in [-0.2, 0) is 16.0 Å². The number of nitrogen functional groups attached to an aromatic ring is 1. The largest absolute Gasteiger partial charge is 0.408 e. The summed E-state index contributed by atoms with van der Waals surface area (Å²) < 4.78 is 48.0. The van der Waals surface area contributed by atoms with Crippen molar-refractivity contribution in [1.82, 2.24) is 20.2 Å². The molecule has 1 saturated carbocycles. The molecule has 3 N–H and O–H groups in total. The number of pyridine rings is 2. The third-order valence-corrected chi connectivity index (χ3v) is 7.84. The number of aromatic nitrogens is 2. The van der Waals surface area contributed by atoms with Crippen LogP contribution < -0.4 is 16.0 Å². The normalized spacial score (nSPS) is 25.9. The van der Waals surface area contributed by atoms with Crippen molar-refractivity contribution < 1.29 is 27.5 Å². The monoisotopic (exact) mass is 532 g/mol. The minimum atomic E-state index is -4.61. The smallest absolute Gasteiger partial charge is 0.384 e. The summed E-state index contributed by atoms with van der Waals surface area (Å²) in [5, 5.41) is 2.25. The maximum absolute atomic E-state index is 14.1. The molecule has 2 aliphatic heterocycles. The lowest BCUT2D eigenvalue weighted by molar-refractivity contribution is -0.168. The van der Waals surface area contributed by atoms with Crippen LogP contribution in [0, 0.1) is 11.8 Å². The summed E-state index contributed by atoms with van der Waals surface area (Å²) >= 11 is 0. The molecule has 204 valence electrons. The maximum Gasteiger partial charge on any atom is 0.408 e. The Kier molecular flexibility index (Phi) is 7.17. The molecule has 5 rings (SSSR count). The summed E-state index contributed by atoms with van der Waals surface area (Å²) in [6, 6.07) is 2.77. The molecule has 0 aromatic carbocycles. The van der Waals surface area contributed by atoms with E-state index >= 15 is 0 Å². The Bertz CT molecular complexity index is 1160. The summed E-state index contributed by atoms with van der Waals surface area (Å²) in [5.41, 5.74) is 7.17. The van der Waals surface area contributed by atoms with Crippen molar-refractivity contribution >= 4 is 23.4 Å². The van der Waals surface area contributed by atoms with Crippen molar-refractivity contribution in [2.75, 3.05) is 17.7 Å². The Morgan fingerprint density at radius 3 is 2.55 bits per heavy atom. The van der Waals surface area contributed by atoms with Gasteiger partial charge >= 0.3 is 12.2 Å². The number of carbonyl (C=O) groups is 2. The number of alkyl halides is 3. The lowest BCUT2D eigenvalue weighted by Gasteiger charge is -2.36. The van der Waals surface area contributed by atoms with E-state index in [1.54, 1.807) is 37.5 Å². The van der Waals surface area contributed by atoms with Crippen LogP contribution in [0.15, 0.2) is 42.9 Å². The number of urea groups is 1. The molecule has 4 heterocycles. The molecule has 0 bridgehead atoms. The zero-order valence-electron chi connectivity index (χ0n) is 21.0. The second-order valence-corrected chi connectivity index (χ2v) is 10.3. The molecule has 2 aromatic rings. The van der Waals surface area contributed by atoms with E-state index in [1.165, 1.54) is 22.2 Å². The number of fused-ring (bicyclic) bond motifs is 1. The van der Waals surface area contributed by atoms with Gasteiger partial charge in [0.2, 0.25) is 5.91 Å². The van der Waals surface area contributed by atoms with E-state index in [4.69, 9.17) is 10.5 Å². The number of hydrogen-bond donors (Lipinski definition) is 2.